The van der Waals surface area contributed by atoms with E-state index in [1.54, 1.807) is 12.3 Å². The first-order valence-electron chi connectivity index (χ1n) is 10.6. The van der Waals surface area contributed by atoms with Gasteiger partial charge in [0.1, 0.15) is 11.6 Å². The molecule has 2 aromatic heterocycles. The molecule has 6 heteroatoms. The SMILES string of the molecule is COc1nccc(N2C[C@H]3C[C@@H](C2)[C@H](Cc2ccccc2)n2c3cccc2=O)c1C#N. The van der Waals surface area contributed by atoms with Gasteiger partial charge in [0.25, 0.3) is 5.56 Å². The van der Waals surface area contributed by atoms with Gasteiger partial charge >= 0.3 is 0 Å². The molecule has 2 bridgehead atoms. The molecule has 0 unspecified atom stereocenters. The van der Waals surface area contributed by atoms with Gasteiger partial charge in [-0.15, -0.1) is 0 Å². The number of nitriles is 1. The standard InChI is InChI=1S/C25H24N4O2/c1-31-25-20(14-26)22(10-11-27-25)28-15-18-13-19(16-28)23(12-17-6-3-2-4-7-17)29-21(18)8-5-9-24(29)30/h2-11,18-19,23H,12-13,15-16H2,1H3/t18-,19+,23+/m1/s1. The van der Waals surface area contributed by atoms with Gasteiger partial charge in [0.05, 0.1) is 12.8 Å². The molecule has 1 fully saturated rings. The van der Waals surface area contributed by atoms with Crippen molar-refractivity contribution in [1.29, 1.82) is 5.26 Å². The number of hydrogen-bond acceptors (Lipinski definition) is 5. The topological polar surface area (TPSA) is 71.2 Å². The molecule has 4 heterocycles. The Hall–Kier alpha value is -3.59. The number of piperidine rings is 1. The zero-order chi connectivity index (χ0) is 21.4. The van der Waals surface area contributed by atoms with Crippen LogP contribution in [0.4, 0.5) is 5.69 Å². The molecule has 2 aliphatic rings. The van der Waals surface area contributed by atoms with Gasteiger partial charge in [0, 0.05) is 43.0 Å². The van der Waals surface area contributed by atoms with Crippen LogP contribution in [0.2, 0.25) is 0 Å². The number of benzene rings is 1. The highest BCUT2D eigenvalue weighted by atomic mass is 16.5. The second-order valence-electron chi connectivity index (χ2n) is 8.34. The molecule has 3 aromatic rings. The van der Waals surface area contributed by atoms with Crippen molar-refractivity contribution in [2.24, 2.45) is 5.92 Å². The Balaban J connectivity index is 1.57. The molecule has 1 saturated heterocycles. The molecular formula is C25H24N4O2. The molecule has 5 rings (SSSR count). The van der Waals surface area contributed by atoms with Gasteiger partial charge in [-0.1, -0.05) is 36.4 Å². The molecule has 0 saturated carbocycles. The van der Waals surface area contributed by atoms with Crippen LogP contribution in [0.25, 0.3) is 0 Å². The number of aromatic nitrogens is 2. The van der Waals surface area contributed by atoms with Crippen LogP contribution in [0.15, 0.2) is 65.6 Å². The van der Waals surface area contributed by atoms with Crippen molar-refractivity contribution < 1.29 is 4.74 Å². The minimum absolute atomic E-state index is 0.0740. The summed E-state index contributed by atoms with van der Waals surface area (Å²) < 4.78 is 7.36. The third-order valence-corrected chi connectivity index (χ3v) is 6.63. The van der Waals surface area contributed by atoms with Crippen molar-refractivity contribution in [1.82, 2.24) is 9.55 Å². The van der Waals surface area contributed by atoms with Crippen molar-refractivity contribution in [2.45, 2.75) is 24.8 Å². The number of pyridine rings is 2. The molecule has 0 amide bonds. The number of nitrogens with zero attached hydrogens (tertiary/aromatic N) is 4. The van der Waals surface area contributed by atoms with Crippen molar-refractivity contribution in [3.8, 4) is 11.9 Å². The lowest BCUT2D eigenvalue weighted by atomic mass is 9.76. The van der Waals surface area contributed by atoms with Crippen LogP contribution < -0.4 is 15.2 Å². The highest BCUT2D eigenvalue weighted by Crippen LogP contribution is 2.44. The van der Waals surface area contributed by atoms with Gasteiger partial charge in [-0.25, -0.2) is 4.98 Å². The third-order valence-electron chi connectivity index (χ3n) is 6.63. The Labute approximate surface area is 181 Å². The van der Waals surface area contributed by atoms with E-state index in [1.807, 2.05) is 34.9 Å². The van der Waals surface area contributed by atoms with Crippen molar-refractivity contribution >= 4 is 5.69 Å². The Kier molecular flexibility index (Phi) is 4.95. The molecular weight excluding hydrogens is 388 g/mol. The predicted molar refractivity (Wildman–Crippen MR) is 118 cm³/mol. The molecule has 0 aliphatic carbocycles. The lowest BCUT2D eigenvalue weighted by Crippen LogP contribution is -2.50. The first-order valence-corrected chi connectivity index (χ1v) is 10.6. The fraction of sp³-hybridized carbons (Fsp3) is 0.320. The van der Waals surface area contributed by atoms with Crippen LogP contribution in [0.1, 0.15) is 35.2 Å². The zero-order valence-corrected chi connectivity index (χ0v) is 17.4. The molecule has 3 atom stereocenters. The maximum absolute atomic E-state index is 12.9. The monoisotopic (exact) mass is 412 g/mol. The highest BCUT2D eigenvalue weighted by molar-refractivity contribution is 5.63. The number of fused-ring (bicyclic) bond motifs is 4. The van der Waals surface area contributed by atoms with E-state index in [0.29, 0.717) is 17.4 Å². The smallest absolute Gasteiger partial charge is 0.251 e. The summed E-state index contributed by atoms with van der Waals surface area (Å²) in [6, 6.07) is 20.2. The summed E-state index contributed by atoms with van der Waals surface area (Å²) in [6.07, 6.45) is 3.55. The fourth-order valence-electron chi connectivity index (χ4n) is 5.31. The molecule has 1 aromatic carbocycles. The Morgan fingerprint density at radius 3 is 2.74 bits per heavy atom. The van der Waals surface area contributed by atoms with E-state index >= 15 is 0 Å². The summed E-state index contributed by atoms with van der Waals surface area (Å²) in [5.41, 5.74) is 3.72. The van der Waals surface area contributed by atoms with Gasteiger partial charge in [-0.2, -0.15) is 5.26 Å². The summed E-state index contributed by atoms with van der Waals surface area (Å²) in [5.74, 6) is 0.899. The first-order chi connectivity index (χ1) is 15.2. The molecule has 0 radical (unpaired) electrons. The number of rotatable bonds is 4. The number of anilines is 1. The van der Waals surface area contributed by atoms with Crippen LogP contribution in [-0.2, 0) is 6.42 Å². The van der Waals surface area contributed by atoms with Gasteiger partial charge in [-0.05, 0) is 36.5 Å². The summed E-state index contributed by atoms with van der Waals surface area (Å²) in [5, 5.41) is 9.76. The van der Waals surface area contributed by atoms with Crippen LogP contribution in [0.5, 0.6) is 5.88 Å². The second kappa shape index (κ2) is 7.92. The normalized spacial score (nSPS) is 21.8. The molecule has 0 N–H and O–H groups in total. The molecule has 31 heavy (non-hydrogen) atoms. The third kappa shape index (κ3) is 3.36. The van der Waals surface area contributed by atoms with Crippen LogP contribution >= 0.6 is 0 Å². The van der Waals surface area contributed by atoms with Crippen molar-refractivity contribution in [2.75, 3.05) is 25.1 Å². The Morgan fingerprint density at radius 2 is 1.97 bits per heavy atom. The molecule has 6 nitrogen and oxygen atoms in total. The van der Waals surface area contributed by atoms with E-state index in [1.165, 1.54) is 12.7 Å². The largest absolute Gasteiger partial charge is 0.480 e. The quantitative estimate of drug-likeness (QED) is 0.656. The van der Waals surface area contributed by atoms with Crippen LogP contribution in [-0.4, -0.2) is 29.8 Å². The Bertz CT molecular complexity index is 1200. The van der Waals surface area contributed by atoms with Gasteiger partial charge in [0.2, 0.25) is 5.88 Å². The highest BCUT2D eigenvalue weighted by Gasteiger charge is 2.41. The van der Waals surface area contributed by atoms with E-state index in [0.717, 1.165) is 37.3 Å². The van der Waals surface area contributed by atoms with E-state index in [2.05, 4.69) is 34.2 Å². The fourth-order valence-corrected chi connectivity index (χ4v) is 5.31. The average Bonchev–Trinajstić information content (AvgIpc) is 2.81. The van der Waals surface area contributed by atoms with E-state index in [-0.39, 0.29) is 17.5 Å². The van der Waals surface area contributed by atoms with Crippen LogP contribution in [0, 0.1) is 17.2 Å². The lowest BCUT2D eigenvalue weighted by Gasteiger charge is -2.48. The molecule has 156 valence electrons. The van der Waals surface area contributed by atoms with Crippen LogP contribution in [0.3, 0.4) is 0 Å². The summed E-state index contributed by atoms with van der Waals surface area (Å²) in [7, 11) is 1.54. The number of methoxy groups -OCH3 is 1. The van der Waals surface area contributed by atoms with Gasteiger partial charge in [0.15, 0.2) is 0 Å². The van der Waals surface area contributed by atoms with E-state index < -0.39 is 0 Å². The number of ether oxygens (including phenoxy) is 1. The van der Waals surface area contributed by atoms with E-state index in [4.69, 9.17) is 4.74 Å². The average molecular weight is 412 g/mol. The maximum Gasteiger partial charge on any atom is 0.251 e. The zero-order valence-electron chi connectivity index (χ0n) is 17.4. The minimum atomic E-state index is 0.0740. The minimum Gasteiger partial charge on any atom is -0.480 e. The maximum atomic E-state index is 12.9. The van der Waals surface area contributed by atoms with Crippen molar-refractivity contribution in [3.63, 3.8) is 0 Å². The summed E-state index contributed by atoms with van der Waals surface area (Å²) in [6.45, 7) is 1.55. The van der Waals surface area contributed by atoms with Gasteiger partial charge in [-0.3, -0.25) is 4.79 Å². The number of hydrogen-bond donors (Lipinski definition) is 0. The van der Waals surface area contributed by atoms with Crippen molar-refractivity contribution in [3.05, 3.63) is 88.0 Å². The lowest BCUT2D eigenvalue weighted by molar-refractivity contribution is 0.211. The Morgan fingerprint density at radius 1 is 1.13 bits per heavy atom. The molecule has 2 aliphatic heterocycles. The summed E-state index contributed by atoms with van der Waals surface area (Å²) in [4.78, 5) is 19.4. The first kappa shape index (κ1) is 19.4. The molecule has 0 spiro atoms. The second-order valence-corrected chi connectivity index (χ2v) is 8.34. The predicted octanol–water partition coefficient (Wildman–Crippen LogP) is 3.53. The summed E-state index contributed by atoms with van der Waals surface area (Å²) >= 11 is 0. The van der Waals surface area contributed by atoms with Gasteiger partial charge < -0.3 is 14.2 Å². The van der Waals surface area contributed by atoms with E-state index in [9.17, 15) is 10.1 Å².